The predicted octanol–water partition coefficient (Wildman–Crippen LogP) is 2.40. The van der Waals surface area contributed by atoms with Gasteiger partial charge >= 0.3 is 5.97 Å². The van der Waals surface area contributed by atoms with E-state index in [4.69, 9.17) is 0 Å². The quantitative estimate of drug-likeness (QED) is 0.183. The van der Waals surface area contributed by atoms with Crippen molar-refractivity contribution in [3.63, 3.8) is 0 Å². The van der Waals surface area contributed by atoms with Gasteiger partial charge in [0.25, 0.3) is 5.91 Å². The molecule has 0 aromatic heterocycles. The largest absolute Gasteiger partial charge is 0.469 e. The first-order chi connectivity index (χ1) is 12.5. The number of methoxy groups -OCH3 is 1. The van der Waals surface area contributed by atoms with Crippen LogP contribution in [0.2, 0.25) is 0 Å². The van der Waals surface area contributed by atoms with Gasteiger partial charge in [0, 0.05) is 39.2 Å². The Morgan fingerprint density at radius 3 is 2.33 bits per heavy atom. The maximum absolute atomic E-state index is 11.9. The third-order valence-electron chi connectivity index (χ3n) is 3.70. The number of carbonyl (C=O) groups is 2. The minimum Gasteiger partial charge on any atom is -0.469 e. The van der Waals surface area contributed by atoms with E-state index in [1.165, 1.54) is 7.11 Å². The molecule has 0 unspecified atom stereocenters. The van der Waals surface area contributed by atoms with Crippen LogP contribution in [-0.2, 0) is 16.1 Å². The summed E-state index contributed by atoms with van der Waals surface area (Å²) in [6.45, 7) is 4.04. The highest BCUT2D eigenvalue weighted by Gasteiger charge is 2.07. The standard InChI is InChI=1S/C19H30N4O3.HI/c1-5-20-19(21-13-7-6-8-17(24)26-4)22-14-15-9-11-16(12-10-15)18(25)23(2)3;/h9-12H,5-8,13-14H2,1-4H3,(H2,20,21,22);1H. The lowest BCUT2D eigenvalue weighted by Crippen LogP contribution is -2.37. The van der Waals surface area contributed by atoms with Crippen molar-refractivity contribution in [2.24, 2.45) is 4.99 Å². The molecule has 1 aromatic carbocycles. The molecule has 0 saturated carbocycles. The molecule has 0 fully saturated rings. The van der Waals surface area contributed by atoms with Gasteiger partial charge in [0.2, 0.25) is 0 Å². The molecule has 0 aliphatic heterocycles. The zero-order valence-electron chi connectivity index (χ0n) is 16.6. The monoisotopic (exact) mass is 490 g/mol. The van der Waals surface area contributed by atoms with Gasteiger partial charge in [0.05, 0.1) is 13.7 Å². The molecule has 1 aromatic rings. The Balaban J connectivity index is 0.00000676. The van der Waals surface area contributed by atoms with E-state index in [1.54, 1.807) is 19.0 Å². The summed E-state index contributed by atoms with van der Waals surface area (Å²) >= 11 is 0. The Morgan fingerprint density at radius 1 is 1.11 bits per heavy atom. The summed E-state index contributed by atoms with van der Waals surface area (Å²) in [5, 5.41) is 6.45. The highest BCUT2D eigenvalue weighted by Crippen LogP contribution is 2.07. The Labute approximate surface area is 179 Å². The van der Waals surface area contributed by atoms with Gasteiger partial charge in [-0.1, -0.05) is 12.1 Å². The summed E-state index contributed by atoms with van der Waals surface area (Å²) in [5.74, 6) is 0.544. The van der Waals surface area contributed by atoms with Crippen molar-refractivity contribution in [3.8, 4) is 0 Å². The number of ether oxygens (including phenoxy) is 1. The maximum Gasteiger partial charge on any atom is 0.305 e. The normalized spacial score (nSPS) is 10.6. The number of hydrogen-bond donors (Lipinski definition) is 2. The second kappa shape index (κ2) is 14.2. The average molecular weight is 490 g/mol. The van der Waals surface area contributed by atoms with Gasteiger partial charge in [0.1, 0.15) is 0 Å². The third-order valence-corrected chi connectivity index (χ3v) is 3.70. The van der Waals surface area contributed by atoms with Crippen LogP contribution in [0.5, 0.6) is 0 Å². The second-order valence-corrected chi connectivity index (χ2v) is 6.05. The molecule has 0 aliphatic carbocycles. The summed E-state index contributed by atoms with van der Waals surface area (Å²) in [6, 6.07) is 7.47. The molecule has 0 bridgehead atoms. The summed E-state index contributed by atoms with van der Waals surface area (Å²) in [4.78, 5) is 29.1. The number of unbranched alkanes of at least 4 members (excludes halogenated alkanes) is 1. The van der Waals surface area contributed by atoms with Crippen molar-refractivity contribution in [3.05, 3.63) is 35.4 Å². The van der Waals surface area contributed by atoms with Gasteiger partial charge in [-0.3, -0.25) is 9.59 Å². The fraction of sp³-hybridized carbons (Fsp3) is 0.526. The fourth-order valence-corrected chi connectivity index (χ4v) is 2.23. The maximum atomic E-state index is 11.9. The number of halogens is 1. The van der Waals surface area contributed by atoms with Crippen LogP contribution in [0.3, 0.4) is 0 Å². The first-order valence-electron chi connectivity index (χ1n) is 8.87. The lowest BCUT2D eigenvalue weighted by Gasteiger charge is -2.12. The number of rotatable bonds is 9. The zero-order valence-corrected chi connectivity index (χ0v) is 18.9. The number of nitrogens with one attached hydrogen (secondary N) is 2. The number of guanidine groups is 1. The Hall–Kier alpha value is -1.84. The van der Waals surface area contributed by atoms with E-state index in [0.717, 1.165) is 37.5 Å². The molecular formula is C19H31IN4O3. The van der Waals surface area contributed by atoms with E-state index in [9.17, 15) is 9.59 Å². The number of benzene rings is 1. The average Bonchev–Trinajstić information content (AvgIpc) is 2.65. The summed E-state index contributed by atoms with van der Waals surface area (Å²) < 4.78 is 4.62. The molecule has 2 N–H and O–H groups in total. The van der Waals surface area contributed by atoms with Crippen LogP contribution in [-0.4, -0.2) is 57.0 Å². The molecule has 0 heterocycles. The molecule has 0 radical (unpaired) electrons. The van der Waals surface area contributed by atoms with Gasteiger partial charge in [-0.05, 0) is 37.5 Å². The smallest absolute Gasteiger partial charge is 0.305 e. The van der Waals surface area contributed by atoms with Gasteiger partial charge in [0.15, 0.2) is 5.96 Å². The van der Waals surface area contributed by atoms with Gasteiger partial charge < -0.3 is 20.3 Å². The van der Waals surface area contributed by atoms with Crippen LogP contribution >= 0.6 is 24.0 Å². The molecule has 0 atom stereocenters. The highest BCUT2D eigenvalue weighted by atomic mass is 127. The topological polar surface area (TPSA) is 83.0 Å². The predicted molar refractivity (Wildman–Crippen MR) is 119 cm³/mol. The first kappa shape index (κ1) is 25.2. The van der Waals surface area contributed by atoms with E-state index in [2.05, 4.69) is 20.4 Å². The minimum atomic E-state index is -0.179. The van der Waals surface area contributed by atoms with Crippen molar-refractivity contribution in [2.75, 3.05) is 34.3 Å². The van der Waals surface area contributed by atoms with Crippen LogP contribution < -0.4 is 10.6 Å². The lowest BCUT2D eigenvalue weighted by molar-refractivity contribution is -0.140. The molecular weight excluding hydrogens is 459 g/mol. The second-order valence-electron chi connectivity index (χ2n) is 6.05. The SMILES string of the molecule is CCNC(=NCc1ccc(C(=O)N(C)C)cc1)NCCCCC(=O)OC.I. The molecule has 1 rings (SSSR count). The van der Waals surface area contributed by atoms with E-state index in [-0.39, 0.29) is 35.9 Å². The Kier molecular flexibility index (Phi) is 13.3. The first-order valence-corrected chi connectivity index (χ1v) is 8.87. The fourth-order valence-electron chi connectivity index (χ4n) is 2.23. The number of aliphatic imine (C=N–C) groups is 1. The Morgan fingerprint density at radius 2 is 1.78 bits per heavy atom. The van der Waals surface area contributed by atoms with E-state index >= 15 is 0 Å². The number of hydrogen-bond acceptors (Lipinski definition) is 4. The number of nitrogens with zero attached hydrogens (tertiary/aromatic N) is 2. The van der Waals surface area contributed by atoms with Crippen LogP contribution in [0.25, 0.3) is 0 Å². The van der Waals surface area contributed by atoms with Crippen LogP contribution in [0, 0.1) is 0 Å². The number of carbonyl (C=O) groups excluding carboxylic acids is 2. The van der Waals surface area contributed by atoms with Crippen molar-refractivity contribution in [1.82, 2.24) is 15.5 Å². The van der Waals surface area contributed by atoms with Gasteiger partial charge in [-0.25, -0.2) is 4.99 Å². The van der Waals surface area contributed by atoms with Gasteiger partial charge in [-0.15, -0.1) is 24.0 Å². The van der Waals surface area contributed by atoms with Crippen LogP contribution in [0.4, 0.5) is 0 Å². The van der Waals surface area contributed by atoms with Crippen molar-refractivity contribution >= 4 is 41.8 Å². The van der Waals surface area contributed by atoms with E-state index < -0.39 is 0 Å². The molecule has 0 spiro atoms. The Bertz CT molecular complexity index is 603. The third kappa shape index (κ3) is 10.2. The summed E-state index contributed by atoms with van der Waals surface area (Å²) in [7, 11) is 4.87. The number of amides is 1. The minimum absolute atomic E-state index is 0. The zero-order chi connectivity index (χ0) is 19.4. The van der Waals surface area contributed by atoms with Crippen LogP contribution in [0.15, 0.2) is 29.3 Å². The molecule has 152 valence electrons. The molecule has 8 heteroatoms. The van der Waals surface area contributed by atoms with Crippen LogP contribution in [0.1, 0.15) is 42.1 Å². The van der Waals surface area contributed by atoms with Crippen molar-refractivity contribution in [1.29, 1.82) is 0 Å². The van der Waals surface area contributed by atoms with E-state index in [0.29, 0.717) is 18.5 Å². The van der Waals surface area contributed by atoms with E-state index in [1.807, 2.05) is 31.2 Å². The molecule has 27 heavy (non-hydrogen) atoms. The van der Waals surface area contributed by atoms with Crippen molar-refractivity contribution < 1.29 is 14.3 Å². The van der Waals surface area contributed by atoms with Gasteiger partial charge in [-0.2, -0.15) is 0 Å². The molecule has 1 amide bonds. The van der Waals surface area contributed by atoms with Crippen molar-refractivity contribution in [2.45, 2.75) is 32.7 Å². The summed E-state index contributed by atoms with van der Waals surface area (Å²) in [5.41, 5.74) is 1.70. The summed E-state index contributed by atoms with van der Waals surface area (Å²) in [6.07, 6.45) is 2.07. The number of esters is 1. The lowest BCUT2D eigenvalue weighted by atomic mass is 10.1. The molecule has 7 nitrogen and oxygen atoms in total. The molecule has 0 saturated heterocycles. The molecule has 0 aliphatic rings. The highest BCUT2D eigenvalue weighted by molar-refractivity contribution is 14.0.